The van der Waals surface area contributed by atoms with Gasteiger partial charge in [0.2, 0.25) is 0 Å². The number of nitrogens with zero attached hydrogens (tertiary/aromatic N) is 1. The zero-order chi connectivity index (χ0) is 22.7. The minimum atomic E-state index is -4.46. The Labute approximate surface area is 185 Å². The number of hydrogen-bond acceptors (Lipinski definition) is 4. The van der Waals surface area contributed by atoms with Crippen LogP contribution in [-0.4, -0.2) is 44.4 Å². The first kappa shape index (κ1) is 22.8. The van der Waals surface area contributed by atoms with Crippen LogP contribution >= 0.6 is 0 Å². The molecule has 2 N–H and O–H groups in total. The fourth-order valence-corrected chi connectivity index (χ4v) is 4.52. The van der Waals surface area contributed by atoms with E-state index in [1.54, 1.807) is 7.05 Å². The number of piperidine rings is 1. The average molecular weight is 448 g/mol. The van der Waals surface area contributed by atoms with E-state index in [-0.39, 0.29) is 18.5 Å². The number of rotatable bonds is 6. The predicted molar refractivity (Wildman–Crippen MR) is 116 cm³/mol. The van der Waals surface area contributed by atoms with E-state index >= 15 is 0 Å². The first-order valence-corrected chi connectivity index (χ1v) is 10.9. The molecule has 0 aliphatic carbocycles. The molecule has 3 atom stereocenters. The van der Waals surface area contributed by atoms with Gasteiger partial charge in [0.25, 0.3) is 5.91 Å². The van der Waals surface area contributed by atoms with Crippen molar-refractivity contribution in [3.05, 3.63) is 65.2 Å². The average Bonchev–Trinajstić information content (AvgIpc) is 2.79. The largest absolute Gasteiger partial charge is 0.411 e. The van der Waals surface area contributed by atoms with E-state index in [1.165, 1.54) is 10.5 Å². The van der Waals surface area contributed by atoms with E-state index in [1.807, 2.05) is 36.4 Å². The van der Waals surface area contributed by atoms with Gasteiger partial charge in [-0.1, -0.05) is 42.5 Å². The smallest absolute Gasteiger partial charge is 0.359 e. The minimum absolute atomic E-state index is 0.144. The van der Waals surface area contributed by atoms with E-state index in [9.17, 15) is 18.0 Å². The molecule has 1 amide bonds. The van der Waals surface area contributed by atoms with Crippen LogP contribution in [0.15, 0.2) is 48.5 Å². The minimum Gasteiger partial charge on any atom is -0.359 e. The number of fused-ring (bicyclic) bond motifs is 1. The van der Waals surface area contributed by atoms with Gasteiger partial charge in [-0.05, 0) is 42.1 Å². The second-order valence-electron chi connectivity index (χ2n) is 8.45. The molecule has 1 saturated heterocycles. The number of carbonyl (C=O) groups excluding carboxylic acids is 1. The first-order valence-electron chi connectivity index (χ1n) is 10.9. The third-order valence-corrected chi connectivity index (χ3v) is 6.16. The molecular weight excluding hydrogens is 419 g/mol. The van der Waals surface area contributed by atoms with Crippen LogP contribution in [-0.2, 0) is 22.5 Å². The maximum Gasteiger partial charge on any atom is 0.411 e. The molecule has 32 heavy (non-hydrogen) atoms. The SMILES string of the molecule is CN1C(=O)C(OCC(F)(F)F)Cc2ccc(CN[C@H]3CCCN[C@H]3c3ccccc3)cc21. The Morgan fingerprint density at radius 2 is 1.97 bits per heavy atom. The molecule has 2 aliphatic heterocycles. The Morgan fingerprint density at radius 1 is 1.19 bits per heavy atom. The highest BCUT2D eigenvalue weighted by Gasteiger charge is 2.36. The van der Waals surface area contributed by atoms with Crippen molar-refractivity contribution < 1.29 is 22.7 Å². The van der Waals surface area contributed by atoms with E-state index in [0.29, 0.717) is 6.54 Å². The molecular formula is C24H28F3N3O2. The van der Waals surface area contributed by atoms with E-state index in [4.69, 9.17) is 4.74 Å². The van der Waals surface area contributed by atoms with E-state index in [0.717, 1.165) is 36.2 Å². The molecule has 2 aromatic rings. The highest BCUT2D eigenvalue weighted by atomic mass is 19.4. The third kappa shape index (κ3) is 5.31. The van der Waals surface area contributed by atoms with Gasteiger partial charge in [-0.2, -0.15) is 13.2 Å². The topological polar surface area (TPSA) is 53.6 Å². The van der Waals surface area contributed by atoms with Crippen LogP contribution in [0.2, 0.25) is 0 Å². The lowest BCUT2D eigenvalue weighted by Crippen LogP contribution is -2.46. The fraction of sp³-hybridized carbons (Fsp3) is 0.458. The Kier molecular flexibility index (Phi) is 6.83. The second kappa shape index (κ2) is 9.60. The molecule has 1 unspecified atom stereocenters. The van der Waals surface area contributed by atoms with Gasteiger partial charge in [0.05, 0.1) is 0 Å². The molecule has 2 aliphatic rings. The first-order chi connectivity index (χ1) is 15.3. The number of benzene rings is 2. The Balaban J connectivity index is 1.43. The Hall–Kier alpha value is -2.42. The number of hydrogen-bond donors (Lipinski definition) is 2. The van der Waals surface area contributed by atoms with Gasteiger partial charge >= 0.3 is 6.18 Å². The number of amides is 1. The summed E-state index contributed by atoms with van der Waals surface area (Å²) in [6.45, 7) is 0.201. The molecule has 8 heteroatoms. The van der Waals surface area contributed by atoms with Crippen molar-refractivity contribution in [2.24, 2.45) is 0 Å². The number of ether oxygens (including phenoxy) is 1. The van der Waals surface area contributed by atoms with Crippen molar-refractivity contribution in [3.63, 3.8) is 0 Å². The van der Waals surface area contributed by atoms with Crippen molar-refractivity contribution >= 4 is 11.6 Å². The monoisotopic (exact) mass is 447 g/mol. The van der Waals surface area contributed by atoms with Gasteiger partial charge in [-0.25, -0.2) is 0 Å². The van der Waals surface area contributed by atoms with Gasteiger partial charge in [0.15, 0.2) is 0 Å². The zero-order valence-electron chi connectivity index (χ0n) is 18.0. The number of carbonyl (C=O) groups is 1. The van der Waals surface area contributed by atoms with Crippen molar-refractivity contribution in [3.8, 4) is 0 Å². The fourth-order valence-electron chi connectivity index (χ4n) is 4.52. The van der Waals surface area contributed by atoms with Crippen molar-refractivity contribution in [2.45, 2.75) is 50.2 Å². The summed E-state index contributed by atoms with van der Waals surface area (Å²) in [5, 5.41) is 7.25. The van der Waals surface area contributed by atoms with Crippen LogP contribution in [0.1, 0.15) is 35.6 Å². The number of nitrogens with one attached hydrogen (secondary N) is 2. The lowest BCUT2D eigenvalue weighted by atomic mass is 9.92. The summed E-state index contributed by atoms with van der Waals surface area (Å²) in [4.78, 5) is 13.9. The van der Waals surface area contributed by atoms with Gasteiger partial charge in [-0.15, -0.1) is 0 Å². The summed E-state index contributed by atoms with van der Waals surface area (Å²) in [6, 6.07) is 16.7. The summed E-state index contributed by atoms with van der Waals surface area (Å²) in [6.07, 6.45) is -3.26. The molecule has 0 saturated carbocycles. The van der Waals surface area contributed by atoms with Gasteiger partial charge in [-0.3, -0.25) is 4.79 Å². The Morgan fingerprint density at radius 3 is 2.72 bits per heavy atom. The van der Waals surface area contributed by atoms with Crippen LogP contribution in [0, 0.1) is 0 Å². The molecule has 0 aromatic heterocycles. The molecule has 2 heterocycles. The highest BCUT2D eigenvalue weighted by Crippen LogP contribution is 2.30. The molecule has 4 rings (SSSR count). The summed E-state index contributed by atoms with van der Waals surface area (Å²) < 4.78 is 42.4. The van der Waals surface area contributed by atoms with Crippen LogP contribution in [0.3, 0.4) is 0 Å². The molecule has 0 radical (unpaired) electrons. The molecule has 0 spiro atoms. The van der Waals surface area contributed by atoms with Crippen molar-refractivity contribution in [1.29, 1.82) is 0 Å². The zero-order valence-corrected chi connectivity index (χ0v) is 18.0. The molecule has 5 nitrogen and oxygen atoms in total. The number of anilines is 1. The summed E-state index contributed by atoms with van der Waals surface area (Å²) in [5.74, 6) is -0.451. The van der Waals surface area contributed by atoms with Gasteiger partial charge in [0.1, 0.15) is 12.7 Å². The van der Waals surface area contributed by atoms with Crippen LogP contribution in [0.4, 0.5) is 18.9 Å². The summed E-state index contributed by atoms with van der Waals surface area (Å²) >= 11 is 0. The second-order valence-corrected chi connectivity index (χ2v) is 8.45. The summed E-state index contributed by atoms with van der Waals surface area (Å²) in [5.41, 5.74) is 3.81. The number of likely N-dealkylation sites (N-methyl/N-ethyl adjacent to an activating group) is 1. The number of alkyl halides is 3. The van der Waals surface area contributed by atoms with Gasteiger partial charge < -0.3 is 20.3 Å². The number of halogens is 3. The summed E-state index contributed by atoms with van der Waals surface area (Å²) in [7, 11) is 1.58. The van der Waals surface area contributed by atoms with E-state index < -0.39 is 24.8 Å². The highest BCUT2D eigenvalue weighted by molar-refractivity contribution is 5.99. The molecule has 1 fully saturated rings. The van der Waals surface area contributed by atoms with Gasteiger partial charge in [0, 0.05) is 37.8 Å². The lowest BCUT2D eigenvalue weighted by molar-refractivity contribution is -0.186. The molecule has 0 bridgehead atoms. The quantitative estimate of drug-likeness (QED) is 0.709. The van der Waals surface area contributed by atoms with Crippen molar-refractivity contribution in [1.82, 2.24) is 10.6 Å². The predicted octanol–water partition coefficient (Wildman–Crippen LogP) is 3.74. The maximum atomic E-state index is 12.5. The van der Waals surface area contributed by atoms with Crippen LogP contribution < -0.4 is 15.5 Å². The van der Waals surface area contributed by atoms with Crippen LogP contribution in [0.25, 0.3) is 0 Å². The van der Waals surface area contributed by atoms with E-state index in [2.05, 4.69) is 22.8 Å². The van der Waals surface area contributed by atoms with Crippen LogP contribution in [0.5, 0.6) is 0 Å². The third-order valence-electron chi connectivity index (χ3n) is 6.16. The van der Waals surface area contributed by atoms with Crippen molar-refractivity contribution in [2.75, 3.05) is 25.1 Å². The lowest BCUT2D eigenvalue weighted by Gasteiger charge is -2.34. The molecule has 2 aromatic carbocycles. The standard InChI is InChI=1S/C24H28F3N3O2/c1-30-20-12-16(9-10-18(20)13-21(23(30)31)32-15-24(25,26)27)14-29-19-8-5-11-28-22(19)17-6-3-2-4-7-17/h2-4,6-7,9-10,12,19,21-22,28-29H,5,8,11,13-15H2,1H3/t19-,21?,22-/m0/s1. The Bertz CT molecular complexity index is 936. The maximum absolute atomic E-state index is 12.5. The molecule has 172 valence electrons. The normalized spacial score (nSPS) is 23.8.